The highest BCUT2D eigenvalue weighted by molar-refractivity contribution is 5.99. The third-order valence-corrected chi connectivity index (χ3v) is 6.44. The highest BCUT2D eigenvalue weighted by Crippen LogP contribution is 2.18. The van der Waals surface area contributed by atoms with E-state index in [1.165, 1.54) is 22.9 Å². The minimum atomic E-state index is -0.898. The lowest BCUT2D eigenvalue weighted by atomic mass is 10.1. The van der Waals surface area contributed by atoms with Crippen molar-refractivity contribution in [2.24, 2.45) is 0 Å². The van der Waals surface area contributed by atoms with Crippen LogP contribution in [-0.2, 0) is 19.0 Å². The van der Waals surface area contributed by atoms with Gasteiger partial charge in [0, 0.05) is 24.5 Å². The molecule has 0 aromatic carbocycles. The first-order valence-corrected chi connectivity index (χ1v) is 16.0. The molecular weight excluding hydrogens is 650 g/mol. The molecule has 3 aromatic heterocycles. The average Bonchev–Trinajstić information content (AvgIpc) is 3.00. The van der Waals surface area contributed by atoms with Crippen LogP contribution in [0.2, 0.25) is 0 Å². The number of fused-ring (bicyclic) bond motifs is 1. The van der Waals surface area contributed by atoms with E-state index < -0.39 is 52.9 Å². The number of alkyl carbamates (subject to hydrolysis) is 1. The molecule has 4 amide bonds. The Labute approximate surface area is 289 Å². The fourth-order valence-electron chi connectivity index (χ4n) is 4.38. The summed E-state index contributed by atoms with van der Waals surface area (Å²) in [7, 11) is 0. The number of pyridine rings is 3. The zero-order valence-electron chi connectivity index (χ0n) is 29.3. The fourth-order valence-corrected chi connectivity index (χ4v) is 4.38. The molecule has 0 bridgehead atoms. The second kappa shape index (κ2) is 17.1. The summed E-state index contributed by atoms with van der Waals surface area (Å²) in [6.45, 7) is 11.9. The minimum Gasteiger partial charge on any atom is -0.492 e. The maximum atomic E-state index is 13.3. The molecule has 0 aliphatic heterocycles. The summed E-state index contributed by atoms with van der Waals surface area (Å²) in [4.78, 5) is 68.6. The molecule has 50 heavy (non-hydrogen) atoms. The first kappa shape index (κ1) is 38.8. The highest BCUT2D eigenvalue weighted by Gasteiger charge is 2.27. The number of anilines is 1. The van der Waals surface area contributed by atoms with E-state index in [2.05, 4.69) is 20.9 Å². The zero-order chi connectivity index (χ0) is 37.1. The largest absolute Gasteiger partial charge is 0.492 e. The van der Waals surface area contributed by atoms with E-state index in [9.17, 15) is 24.0 Å². The van der Waals surface area contributed by atoms with Crippen molar-refractivity contribution in [1.29, 1.82) is 5.41 Å². The third-order valence-electron chi connectivity index (χ3n) is 6.44. The van der Waals surface area contributed by atoms with E-state index in [-0.39, 0.29) is 38.3 Å². The maximum Gasteiger partial charge on any atom is 0.417 e. The SMILES string of the molecule is CCOC(=O)CC(NC(=O)Nc1ccc2ccc(OCCCN(C(=N)NC(=O)OC(C)(C)C)C(=O)OC(C)(C)C)cn2c1=O)c1cccnc1. The molecule has 0 aliphatic carbocycles. The van der Waals surface area contributed by atoms with Crippen molar-refractivity contribution in [3.63, 3.8) is 0 Å². The molecule has 16 heteroatoms. The number of esters is 1. The van der Waals surface area contributed by atoms with Gasteiger partial charge in [0.05, 0.1) is 31.9 Å². The Kier molecular flexibility index (Phi) is 13.3. The third kappa shape index (κ3) is 12.4. The first-order chi connectivity index (χ1) is 23.5. The van der Waals surface area contributed by atoms with Gasteiger partial charge in [-0.1, -0.05) is 6.07 Å². The quantitative estimate of drug-likeness (QED) is 0.0697. The number of ether oxygens (including phenoxy) is 4. The van der Waals surface area contributed by atoms with Crippen LogP contribution in [-0.4, -0.2) is 75.4 Å². The van der Waals surface area contributed by atoms with Crippen LogP contribution in [0.3, 0.4) is 0 Å². The van der Waals surface area contributed by atoms with Gasteiger partial charge in [-0.05, 0) is 90.8 Å². The molecule has 0 fully saturated rings. The monoisotopic (exact) mass is 695 g/mol. The van der Waals surface area contributed by atoms with Crippen LogP contribution >= 0.6 is 0 Å². The number of nitrogens with zero attached hydrogens (tertiary/aromatic N) is 3. The van der Waals surface area contributed by atoms with Crippen molar-refractivity contribution < 1.29 is 38.1 Å². The van der Waals surface area contributed by atoms with E-state index in [0.717, 1.165) is 4.90 Å². The van der Waals surface area contributed by atoms with Crippen LogP contribution in [0.25, 0.3) is 5.52 Å². The van der Waals surface area contributed by atoms with Crippen molar-refractivity contribution in [1.82, 2.24) is 24.9 Å². The van der Waals surface area contributed by atoms with Crippen LogP contribution in [0.5, 0.6) is 5.75 Å². The molecule has 270 valence electrons. The summed E-state index contributed by atoms with van der Waals surface area (Å²) in [5.41, 5.74) is -1.12. The first-order valence-electron chi connectivity index (χ1n) is 16.0. The van der Waals surface area contributed by atoms with Gasteiger partial charge in [-0.25, -0.2) is 19.3 Å². The Morgan fingerprint density at radius 3 is 2.34 bits per heavy atom. The Hall–Kier alpha value is -5.67. The number of carbonyl (C=O) groups is 4. The molecular formula is C34H45N7O9. The van der Waals surface area contributed by atoms with E-state index in [1.807, 2.05) is 0 Å². The number of rotatable bonds is 11. The molecule has 3 heterocycles. The number of urea groups is 1. The normalized spacial score (nSPS) is 11.9. The van der Waals surface area contributed by atoms with Gasteiger partial charge in [-0.3, -0.25) is 29.7 Å². The van der Waals surface area contributed by atoms with Gasteiger partial charge in [0.25, 0.3) is 5.56 Å². The van der Waals surface area contributed by atoms with E-state index in [0.29, 0.717) is 16.8 Å². The molecule has 0 saturated heterocycles. The van der Waals surface area contributed by atoms with Crippen molar-refractivity contribution in [3.8, 4) is 5.75 Å². The molecule has 4 N–H and O–H groups in total. The van der Waals surface area contributed by atoms with E-state index in [1.54, 1.807) is 85.0 Å². The number of hydrogen-bond donors (Lipinski definition) is 4. The van der Waals surface area contributed by atoms with E-state index >= 15 is 0 Å². The summed E-state index contributed by atoms with van der Waals surface area (Å²) in [5.74, 6) is -0.714. The van der Waals surface area contributed by atoms with Gasteiger partial charge in [0.1, 0.15) is 22.6 Å². The lowest BCUT2D eigenvalue weighted by Gasteiger charge is -2.28. The molecule has 16 nitrogen and oxygen atoms in total. The highest BCUT2D eigenvalue weighted by atomic mass is 16.6. The molecule has 1 unspecified atom stereocenters. The Morgan fingerprint density at radius 2 is 1.70 bits per heavy atom. The smallest absolute Gasteiger partial charge is 0.417 e. The van der Waals surface area contributed by atoms with Gasteiger partial charge in [0.15, 0.2) is 0 Å². The molecule has 1 atom stereocenters. The number of hydrogen-bond acceptors (Lipinski definition) is 11. The number of guanidine groups is 1. The predicted octanol–water partition coefficient (Wildman–Crippen LogP) is 4.98. The summed E-state index contributed by atoms with van der Waals surface area (Å²) in [6, 6.07) is 8.33. The number of carbonyl (C=O) groups excluding carboxylic acids is 4. The topological polar surface area (TPSA) is 203 Å². The van der Waals surface area contributed by atoms with Crippen LogP contribution < -0.4 is 26.2 Å². The number of amides is 4. The van der Waals surface area contributed by atoms with Gasteiger partial charge in [-0.15, -0.1) is 0 Å². The van der Waals surface area contributed by atoms with Crippen molar-refractivity contribution in [2.75, 3.05) is 25.1 Å². The Morgan fingerprint density at radius 1 is 1.00 bits per heavy atom. The molecule has 3 aromatic rings. The van der Waals surface area contributed by atoms with Gasteiger partial charge < -0.3 is 29.6 Å². The molecule has 0 aliphatic rings. The van der Waals surface area contributed by atoms with Gasteiger partial charge in [0.2, 0.25) is 5.96 Å². The lowest BCUT2D eigenvalue weighted by Crippen LogP contribution is -2.49. The number of aromatic nitrogens is 2. The maximum absolute atomic E-state index is 13.3. The molecule has 0 saturated carbocycles. The second-order valence-corrected chi connectivity index (χ2v) is 13.0. The fraction of sp³-hybridized carbons (Fsp3) is 0.441. The molecule has 0 spiro atoms. The Bertz CT molecular complexity index is 1730. The van der Waals surface area contributed by atoms with Crippen LogP contribution in [0.15, 0.2) is 59.8 Å². The molecule has 3 rings (SSSR count). The van der Waals surface area contributed by atoms with Crippen molar-refractivity contribution in [2.45, 2.75) is 78.6 Å². The predicted molar refractivity (Wildman–Crippen MR) is 184 cm³/mol. The van der Waals surface area contributed by atoms with Crippen molar-refractivity contribution >= 4 is 41.4 Å². The van der Waals surface area contributed by atoms with Crippen LogP contribution in [0.1, 0.15) is 72.9 Å². The zero-order valence-corrected chi connectivity index (χ0v) is 29.3. The van der Waals surface area contributed by atoms with Crippen LogP contribution in [0, 0.1) is 5.41 Å². The molecule has 0 radical (unpaired) electrons. The van der Waals surface area contributed by atoms with Gasteiger partial charge >= 0.3 is 24.2 Å². The number of nitrogens with one attached hydrogen (secondary N) is 4. The summed E-state index contributed by atoms with van der Waals surface area (Å²) < 4.78 is 22.8. The minimum absolute atomic E-state index is 0.0257. The van der Waals surface area contributed by atoms with Gasteiger partial charge in [-0.2, -0.15) is 0 Å². The summed E-state index contributed by atoms with van der Waals surface area (Å²) >= 11 is 0. The van der Waals surface area contributed by atoms with E-state index in [4.69, 9.17) is 24.4 Å². The Balaban J connectivity index is 1.68. The van der Waals surface area contributed by atoms with Crippen LogP contribution in [0.4, 0.5) is 20.1 Å². The van der Waals surface area contributed by atoms with Crippen molar-refractivity contribution in [3.05, 3.63) is 70.9 Å². The standard InChI is InChI=1S/C34H45N7O9/c1-8-47-27(42)19-26(22-11-9-16-36-20-22)38-30(44)37-25-15-13-23-12-14-24(21-41(23)28(25)43)48-18-10-17-40(32(46)50-34(5,6)7)29(35)39-31(45)49-33(2,3)4/h9,11-16,20-21,26H,8,10,17-19H2,1-7H3,(H2,35,39,45)(H2,37,38,44). The summed E-state index contributed by atoms with van der Waals surface area (Å²) in [5, 5.41) is 15.8. The summed E-state index contributed by atoms with van der Waals surface area (Å²) in [6.07, 6.45) is 2.89. The lowest BCUT2D eigenvalue weighted by molar-refractivity contribution is -0.143. The average molecular weight is 696 g/mol. The second-order valence-electron chi connectivity index (χ2n) is 13.0.